The fourth-order valence-corrected chi connectivity index (χ4v) is 4.10. The van der Waals surface area contributed by atoms with Gasteiger partial charge in [0.25, 0.3) is 0 Å². The van der Waals surface area contributed by atoms with Gasteiger partial charge >= 0.3 is 0 Å². The summed E-state index contributed by atoms with van der Waals surface area (Å²) in [5.41, 5.74) is 0.902. The van der Waals surface area contributed by atoms with E-state index in [2.05, 4.69) is 6.92 Å². The van der Waals surface area contributed by atoms with Crippen molar-refractivity contribution >= 4 is 0 Å². The Bertz CT molecular complexity index is 192. The van der Waals surface area contributed by atoms with Gasteiger partial charge in [0.15, 0.2) is 0 Å². The van der Waals surface area contributed by atoms with Crippen LogP contribution in [0, 0.1) is 23.2 Å². The molecule has 0 heterocycles. The number of fused-ring (bicyclic) bond motifs is 1. The molecule has 1 spiro atoms. The van der Waals surface area contributed by atoms with Gasteiger partial charge in [0, 0.05) is 0 Å². The first-order valence-electron chi connectivity index (χ1n) is 5.78. The SMILES string of the molecule is CC1CCC2CCC3CC3(C1)C2. The minimum Gasteiger partial charge on any atom is -0.0625 e. The van der Waals surface area contributed by atoms with E-state index in [1.165, 1.54) is 12.3 Å². The zero-order valence-electron chi connectivity index (χ0n) is 8.18. The predicted octanol–water partition coefficient (Wildman–Crippen LogP) is 3.61. The zero-order valence-corrected chi connectivity index (χ0v) is 8.18. The molecule has 4 unspecified atom stereocenters. The highest BCUT2D eigenvalue weighted by Crippen LogP contribution is 2.67. The Morgan fingerprint density at radius 2 is 1.75 bits per heavy atom. The highest BCUT2D eigenvalue weighted by molar-refractivity contribution is 5.07. The van der Waals surface area contributed by atoms with E-state index in [0.29, 0.717) is 0 Å². The lowest BCUT2D eigenvalue weighted by Gasteiger charge is -2.26. The van der Waals surface area contributed by atoms with E-state index in [-0.39, 0.29) is 0 Å². The molecule has 3 fully saturated rings. The van der Waals surface area contributed by atoms with Crippen molar-refractivity contribution in [1.82, 2.24) is 0 Å². The van der Waals surface area contributed by atoms with Crippen molar-refractivity contribution in [2.45, 2.75) is 51.9 Å². The van der Waals surface area contributed by atoms with Crippen LogP contribution < -0.4 is 0 Å². The van der Waals surface area contributed by atoms with E-state index >= 15 is 0 Å². The standard InChI is InChI=1S/C12H20/c1-9-2-3-10-4-5-11-8-12(11,6-9)7-10/h9-11H,2-8H2,1H3. The van der Waals surface area contributed by atoms with E-state index in [9.17, 15) is 0 Å². The van der Waals surface area contributed by atoms with E-state index < -0.39 is 0 Å². The monoisotopic (exact) mass is 164 g/mol. The lowest BCUT2D eigenvalue weighted by Crippen LogP contribution is -2.15. The van der Waals surface area contributed by atoms with Gasteiger partial charge in [0.05, 0.1) is 0 Å². The quantitative estimate of drug-likeness (QED) is 0.513. The molecule has 0 nitrogen and oxygen atoms in total. The summed E-state index contributed by atoms with van der Waals surface area (Å²) in [6.45, 7) is 2.48. The second-order valence-electron chi connectivity index (χ2n) is 5.80. The van der Waals surface area contributed by atoms with Crippen LogP contribution in [0.5, 0.6) is 0 Å². The van der Waals surface area contributed by atoms with Gasteiger partial charge in [-0.05, 0) is 48.9 Å². The van der Waals surface area contributed by atoms with Crippen LogP contribution in [-0.4, -0.2) is 0 Å². The average Bonchev–Trinajstić information content (AvgIpc) is 2.75. The van der Waals surface area contributed by atoms with Crippen LogP contribution in [-0.2, 0) is 0 Å². The number of rotatable bonds is 0. The van der Waals surface area contributed by atoms with Gasteiger partial charge in [0.2, 0.25) is 0 Å². The third-order valence-corrected chi connectivity index (χ3v) is 4.80. The summed E-state index contributed by atoms with van der Waals surface area (Å²) in [5, 5.41) is 0. The lowest BCUT2D eigenvalue weighted by molar-refractivity contribution is 0.248. The molecule has 0 heteroatoms. The molecule has 3 aliphatic carbocycles. The normalized spacial score (nSPS) is 57.2. The lowest BCUT2D eigenvalue weighted by atomic mass is 9.79. The fourth-order valence-electron chi connectivity index (χ4n) is 4.10. The van der Waals surface area contributed by atoms with Gasteiger partial charge < -0.3 is 0 Å². The second-order valence-corrected chi connectivity index (χ2v) is 5.80. The third kappa shape index (κ3) is 0.963. The smallest absolute Gasteiger partial charge is 0.0261 e. The fraction of sp³-hybridized carbons (Fsp3) is 1.00. The molecule has 0 aromatic heterocycles. The highest BCUT2D eigenvalue weighted by atomic mass is 14.6. The maximum atomic E-state index is 2.48. The van der Waals surface area contributed by atoms with Crippen molar-refractivity contribution in [3.63, 3.8) is 0 Å². The first-order valence-corrected chi connectivity index (χ1v) is 5.78. The molecule has 2 bridgehead atoms. The molecule has 0 N–H and O–H groups in total. The molecule has 3 rings (SSSR count). The molecular weight excluding hydrogens is 144 g/mol. The molecule has 0 radical (unpaired) electrons. The molecule has 4 atom stereocenters. The third-order valence-electron chi connectivity index (χ3n) is 4.80. The van der Waals surface area contributed by atoms with E-state index in [0.717, 1.165) is 17.3 Å². The number of hydrogen-bond acceptors (Lipinski definition) is 0. The van der Waals surface area contributed by atoms with Gasteiger partial charge in [-0.3, -0.25) is 0 Å². The van der Waals surface area contributed by atoms with Crippen molar-refractivity contribution in [2.24, 2.45) is 23.2 Å². The Kier molecular flexibility index (Phi) is 1.40. The Labute approximate surface area is 75.7 Å². The molecule has 3 aliphatic rings. The molecule has 0 saturated heterocycles. The molecule has 0 aromatic carbocycles. The summed E-state index contributed by atoms with van der Waals surface area (Å²) in [7, 11) is 0. The summed E-state index contributed by atoms with van der Waals surface area (Å²) in [6, 6.07) is 0. The average molecular weight is 164 g/mol. The Morgan fingerprint density at radius 1 is 0.917 bits per heavy atom. The summed E-state index contributed by atoms with van der Waals surface area (Å²) in [4.78, 5) is 0. The van der Waals surface area contributed by atoms with Crippen molar-refractivity contribution < 1.29 is 0 Å². The first kappa shape index (κ1) is 7.41. The van der Waals surface area contributed by atoms with Crippen LogP contribution >= 0.6 is 0 Å². The summed E-state index contributed by atoms with van der Waals surface area (Å²) in [6.07, 6.45) is 11.0. The maximum Gasteiger partial charge on any atom is -0.0261 e. The van der Waals surface area contributed by atoms with Crippen LogP contribution in [0.25, 0.3) is 0 Å². The van der Waals surface area contributed by atoms with Gasteiger partial charge in [-0.2, -0.15) is 0 Å². The van der Waals surface area contributed by atoms with Gasteiger partial charge in [-0.15, -0.1) is 0 Å². The summed E-state index contributed by atoms with van der Waals surface area (Å²) < 4.78 is 0. The van der Waals surface area contributed by atoms with Crippen LogP contribution in [0.15, 0.2) is 0 Å². The molecule has 0 aliphatic heterocycles. The zero-order chi connectivity index (χ0) is 8.18. The largest absolute Gasteiger partial charge is 0.0625 e. The van der Waals surface area contributed by atoms with Crippen LogP contribution in [0.2, 0.25) is 0 Å². The van der Waals surface area contributed by atoms with Crippen molar-refractivity contribution in [1.29, 1.82) is 0 Å². The minimum atomic E-state index is 0.902. The summed E-state index contributed by atoms with van der Waals surface area (Å²) >= 11 is 0. The van der Waals surface area contributed by atoms with Gasteiger partial charge in [0.1, 0.15) is 0 Å². The van der Waals surface area contributed by atoms with E-state index in [4.69, 9.17) is 0 Å². The number of hydrogen-bond donors (Lipinski definition) is 0. The first-order chi connectivity index (χ1) is 5.78. The maximum absolute atomic E-state index is 2.48. The Hall–Kier alpha value is 0. The van der Waals surface area contributed by atoms with Crippen LogP contribution in [0.3, 0.4) is 0 Å². The Balaban J connectivity index is 1.84. The van der Waals surface area contributed by atoms with Crippen LogP contribution in [0.1, 0.15) is 51.9 Å². The van der Waals surface area contributed by atoms with Gasteiger partial charge in [-0.1, -0.05) is 26.2 Å². The van der Waals surface area contributed by atoms with E-state index in [1.54, 1.807) is 38.5 Å². The molecule has 12 heavy (non-hydrogen) atoms. The summed E-state index contributed by atoms with van der Waals surface area (Å²) in [5.74, 6) is 3.35. The van der Waals surface area contributed by atoms with Crippen LogP contribution in [0.4, 0.5) is 0 Å². The molecule has 0 amide bonds. The topological polar surface area (TPSA) is 0 Å². The minimum absolute atomic E-state index is 0.902. The van der Waals surface area contributed by atoms with Gasteiger partial charge in [-0.25, -0.2) is 0 Å². The molecular formula is C12H20. The molecule has 3 saturated carbocycles. The van der Waals surface area contributed by atoms with Crippen molar-refractivity contribution in [3.8, 4) is 0 Å². The van der Waals surface area contributed by atoms with Crippen molar-refractivity contribution in [2.75, 3.05) is 0 Å². The molecule has 0 aromatic rings. The van der Waals surface area contributed by atoms with Crippen molar-refractivity contribution in [3.05, 3.63) is 0 Å². The second kappa shape index (κ2) is 2.27. The highest BCUT2D eigenvalue weighted by Gasteiger charge is 2.57. The molecule has 68 valence electrons. The predicted molar refractivity (Wildman–Crippen MR) is 50.9 cm³/mol. The van der Waals surface area contributed by atoms with E-state index in [1.807, 2.05) is 0 Å². The Morgan fingerprint density at radius 3 is 2.67 bits per heavy atom.